The van der Waals surface area contributed by atoms with Crippen LogP contribution in [-0.4, -0.2) is 15.0 Å². The van der Waals surface area contributed by atoms with Gasteiger partial charge in [-0.25, -0.2) is 0 Å². The Kier molecular flexibility index (Phi) is 4.16. The van der Waals surface area contributed by atoms with E-state index < -0.39 is 8.80 Å². The topological polar surface area (TPSA) is 9.23 Å². The quantitative estimate of drug-likeness (QED) is 0.573. The molecule has 0 saturated heterocycles. The fourth-order valence-electron chi connectivity index (χ4n) is 1.75. The van der Waals surface area contributed by atoms with Crippen molar-refractivity contribution in [1.29, 1.82) is 0 Å². The lowest BCUT2D eigenvalue weighted by molar-refractivity contribution is 0.310. The predicted octanol–water partition coefficient (Wildman–Crippen LogP) is 1.99. The maximum atomic E-state index is 5.41. The summed E-state index contributed by atoms with van der Waals surface area (Å²) in [5.41, 5.74) is 0. The summed E-state index contributed by atoms with van der Waals surface area (Å²) < 4.78 is 5.41. The van der Waals surface area contributed by atoms with E-state index in [1.54, 1.807) is 0 Å². The third-order valence-corrected chi connectivity index (χ3v) is 5.11. The van der Waals surface area contributed by atoms with Gasteiger partial charge in [-0.1, -0.05) is 77.6 Å². The third-order valence-electron chi connectivity index (χ3n) is 2.59. The first-order valence-corrected chi connectivity index (χ1v) is 7.31. The summed E-state index contributed by atoms with van der Waals surface area (Å²) in [6.45, 7) is 3.61. The molecule has 0 heterocycles. The van der Waals surface area contributed by atoms with Crippen molar-refractivity contribution < 1.29 is 4.74 Å². The van der Waals surface area contributed by atoms with Crippen LogP contribution >= 0.6 is 0 Å². The maximum absolute atomic E-state index is 5.41. The van der Waals surface area contributed by atoms with E-state index in [9.17, 15) is 0 Å². The van der Waals surface area contributed by atoms with Crippen molar-refractivity contribution >= 4 is 19.2 Å². The van der Waals surface area contributed by atoms with Crippen LogP contribution in [0.5, 0.6) is 0 Å². The Hall–Kier alpha value is -1.80. The smallest absolute Gasteiger partial charge is 0.166 e. The molecule has 0 unspecified atom stereocenters. The van der Waals surface area contributed by atoms with Crippen LogP contribution in [0.3, 0.4) is 0 Å². The molecule has 0 aromatic heterocycles. The average molecular weight is 239 g/mol. The van der Waals surface area contributed by atoms with Crippen LogP contribution in [0.15, 0.2) is 73.5 Å². The normalized spacial score (nSPS) is 10.2. The molecule has 0 amide bonds. The molecule has 0 atom stereocenters. The molecule has 1 nitrogen and oxygen atoms in total. The Morgan fingerprint density at radius 3 is 1.76 bits per heavy atom. The summed E-state index contributed by atoms with van der Waals surface area (Å²) in [4.78, 5) is 0. The van der Waals surface area contributed by atoms with Crippen molar-refractivity contribution in [2.24, 2.45) is 0 Å². The van der Waals surface area contributed by atoms with E-state index in [4.69, 9.17) is 4.74 Å². The van der Waals surface area contributed by atoms with E-state index in [0.717, 1.165) is 6.23 Å². The van der Waals surface area contributed by atoms with E-state index in [1.165, 1.54) is 16.6 Å². The average Bonchev–Trinajstić information content (AvgIpc) is 2.42. The minimum atomic E-state index is -0.856. The fourth-order valence-corrected chi connectivity index (χ4v) is 3.90. The Morgan fingerprint density at radius 2 is 1.35 bits per heavy atom. The second-order valence-electron chi connectivity index (χ2n) is 3.69. The number of benzene rings is 2. The molecule has 0 N–H and O–H groups in total. The van der Waals surface area contributed by atoms with Gasteiger partial charge >= 0.3 is 0 Å². The highest BCUT2D eigenvalue weighted by atomic mass is 28.3. The summed E-state index contributed by atoms with van der Waals surface area (Å²) in [7, 11) is -0.856. The van der Waals surface area contributed by atoms with E-state index in [2.05, 4.69) is 55.1 Å². The summed E-state index contributed by atoms with van der Waals surface area (Å²) in [5.74, 6) is 0. The molecule has 2 rings (SSSR count). The van der Waals surface area contributed by atoms with Crippen molar-refractivity contribution in [3.05, 3.63) is 73.5 Å². The number of hydrogen-bond donors (Lipinski definition) is 0. The number of hydrogen-bond acceptors (Lipinski definition) is 1. The second kappa shape index (κ2) is 6.06. The zero-order valence-electron chi connectivity index (χ0n) is 9.67. The zero-order chi connectivity index (χ0) is 11.9. The molecular formula is C15H15OSi. The number of ether oxygens (including phenoxy) is 1. The Balaban J connectivity index is 2.29. The first-order valence-electron chi connectivity index (χ1n) is 5.61. The van der Waals surface area contributed by atoms with E-state index in [1.807, 2.05) is 12.1 Å². The monoisotopic (exact) mass is 239 g/mol. The minimum absolute atomic E-state index is 0.724. The van der Waals surface area contributed by atoms with Crippen LogP contribution in [0.4, 0.5) is 0 Å². The molecular weight excluding hydrogens is 224 g/mol. The molecule has 17 heavy (non-hydrogen) atoms. The molecule has 0 aliphatic rings. The van der Waals surface area contributed by atoms with Crippen LogP contribution in [-0.2, 0) is 4.74 Å². The highest BCUT2D eigenvalue weighted by Gasteiger charge is 2.16. The lowest BCUT2D eigenvalue weighted by atomic mass is 10.4. The van der Waals surface area contributed by atoms with Crippen molar-refractivity contribution in [2.45, 2.75) is 0 Å². The van der Waals surface area contributed by atoms with Crippen LogP contribution < -0.4 is 10.4 Å². The standard InChI is InChI=1S/C15H15OSi/c1-2-16-13-17(14-9-5-3-6-10-14)15-11-7-4-8-12-15/h2-12H,1,13H2. The second-order valence-corrected chi connectivity index (χ2v) is 6.09. The molecule has 2 aromatic rings. The summed E-state index contributed by atoms with van der Waals surface area (Å²) >= 11 is 0. The SMILES string of the molecule is C=COC[Si](c1ccccc1)c1ccccc1. The van der Waals surface area contributed by atoms with Crippen molar-refractivity contribution in [2.75, 3.05) is 6.23 Å². The van der Waals surface area contributed by atoms with Gasteiger partial charge in [0.05, 0.1) is 12.5 Å². The fraction of sp³-hybridized carbons (Fsp3) is 0.0667. The summed E-state index contributed by atoms with van der Waals surface area (Å²) in [6.07, 6.45) is 2.25. The van der Waals surface area contributed by atoms with Gasteiger partial charge in [0.1, 0.15) is 0 Å². The molecule has 85 valence electrons. The van der Waals surface area contributed by atoms with Crippen LogP contribution in [0.2, 0.25) is 0 Å². The van der Waals surface area contributed by atoms with Gasteiger partial charge in [0.2, 0.25) is 0 Å². The summed E-state index contributed by atoms with van der Waals surface area (Å²) in [6, 6.07) is 21.1. The van der Waals surface area contributed by atoms with Crippen LogP contribution in [0.25, 0.3) is 0 Å². The molecule has 0 aliphatic heterocycles. The van der Waals surface area contributed by atoms with Gasteiger partial charge in [-0.05, 0) is 0 Å². The molecule has 2 aromatic carbocycles. The minimum Gasteiger partial charge on any atom is -0.505 e. The van der Waals surface area contributed by atoms with Gasteiger partial charge < -0.3 is 4.74 Å². The molecule has 0 spiro atoms. The van der Waals surface area contributed by atoms with Crippen molar-refractivity contribution in [1.82, 2.24) is 0 Å². The highest BCUT2D eigenvalue weighted by molar-refractivity contribution is 6.85. The van der Waals surface area contributed by atoms with Gasteiger partial charge in [-0.3, -0.25) is 0 Å². The molecule has 0 aliphatic carbocycles. The largest absolute Gasteiger partial charge is 0.505 e. The van der Waals surface area contributed by atoms with Crippen LogP contribution in [0.1, 0.15) is 0 Å². The lowest BCUT2D eigenvalue weighted by Gasteiger charge is -2.15. The first kappa shape index (κ1) is 11.7. The van der Waals surface area contributed by atoms with Gasteiger partial charge in [-0.15, -0.1) is 0 Å². The highest BCUT2D eigenvalue weighted by Crippen LogP contribution is 1.94. The lowest BCUT2D eigenvalue weighted by Crippen LogP contribution is -2.45. The molecule has 0 bridgehead atoms. The summed E-state index contributed by atoms with van der Waals surface area (Å²) in [5, 5.41) is 2.73. The van der Waals surface area contributed by atoms with Gasteiger partial charge in [-0.2, -0.15) is 0 Å². The maximum Gasteiger partial charge on any atom is 0.166 e. The van der Waals surface area contributed by atoms with Gasteiger partial charge in [0.15, 0.2) is 8.80 Å². The Labute approximate surface area is 104 Å². The van der Waals surface area contributed by atoms with Gasteiger partial charge in [0, 0.05) is 0 Å². The first-order chi connectivity index (χ1) is 8.42. The van der Waals surface area contributed by atoms with Crippen LogP contribution in [0, 0.1) is 0 Å². The third kappa shape index (κ3) is 3.08. The number of rotatable bonds is 5. The molecule has 0 saturated carbocycles. The van der Waals surface area contributed by atoms with Gasteiger partial charge in [0.25, 0.3) is 0 Å². The molecule has 2 heteroatoms. The Bertz CT molecular complexity index is 413. The zero-order valence-corrected chi connectivity index (χ0v) is 10.7. The Morgan fingerprint density at radius 1 is 0.882 bits per heavy atom. The van der Waals surface area contributed by atoms with E-state index >= 15 is 0 Å². The van der Waals surface area contributed by atoms with E-state index in [-0.39, 0.29) is 0 Å². The molecule has 0 fully saturated rings. The van der Waals surface area contributed by atoms with E-state index in [0.29, 0.717) is 0 Å². The molecule has 1 radical (unpaired) electrons. The van der Waals surface area contributed by atoms with Crippen molar-refractivity contribution in [3.63, 3.8) is 0 Å². The predicted molar refractivity (Wildman–Crippen MR) is 74.1 cm³/mol. The van der Waals surface area contributed by atoms with Crippen molar-refractivity contribution in [3.8, 4) is 0 Å².